The molecule has 1 aromatic heterocycles. The first-order chi connectivity index (χ1) is 8.16. The lowest BCUT2D eigenvalue weighted by Gasteiger charge is -2.19. The zero-order chi connectivity index (χ0) is 12.3. The second-order valence-electron chi connectivity index (χ2n) is 3.98. The Labute approximate surface area is 98.7 Å². The fraction of sp³-hybridized carbons (Fsp3) is 0.364. The Hall–Kier alpha value is -2.11. The van der Waals surface area contributed by atoms with Gasteiger partial charge in [-0.05, 0) is 25.3 Å². The van der Waals surface area contributed by atoms with Crippen LogP contribution in [-0.2, 0) is 0 Å². The maximum absolute atomic E-state index is 10.6. The molecule has 0 saturated carbocycles. The zero-order valence-electron chi connectivity index (χ0n) is 9.30. The molecule has 0 radical (unpaired) electrons. The van der Waals surface area contributed by atoms with E-state index in [0.29, 0.717) is 11.9 Å². The highest BCUT2D eigenvalue weighted by molar-refractivity contribution is 5.57. The number of rotatable bonds is 3. The second kappa shape index (κ2) is 4.82. The molecule has 2 rings (SSSR count). The summed E-state index contributed by atoms with van der Waals surface area (Å²) in [6.45, 7) is 0. The summed E-state index contributed by atoms with van der Waals surface area (Å²) in [6, 6.07) is 3.30. The van der Waals surface area contributed by atoms with Crippen molar-refractivity contribution in [2.45, 2.75) is 25.3 Å². The maximum atomic E-state index is 10.6. The van der Waals surface area contributed by atoms with Gasteiger partial charge in [-0.2, -0.15) is 0 Å². The van der Waals surface area contributed by atoms with E-state index in [1.807, 2.05) is 0 Å². The highest BCUT2D eigenvalue weighted by Gasteiger charge is 2.15. The number of nitrogens with zero attached hydrogens (tertiary/aromatic N) is 2. The van der Waals surface area contributed by atoms with Crippen LogP contribution in [0.1, 0.15) is 19.3 Å². The Morgan fingerprint density at radius 1 is 1.47 bits per heavy atom. The van der Waals surface area contributed by atoms with Crippen molar-refractivity contribution in [3.8, 4) is 0 Å². The standard InChI is InChI=1S/C11H14N4O2/c12-11-9(15(16)17)6-7-10(14-11)13-8-4-2-1-3-5-8/h1-2,6-8H,3-5H2,(H3,12,13,14). The lowest BCUT2D eigenvalue weighted by Crippen LogP contribution is -2.21. The van der Waals surface area contributed by atoms with Gasteiger partial charge < -0.3 is 11.1 Å². The van der Waals surface area contributed by atoms with E-state index in [1.54, 1.807) is 6.07 Å². The van der Waals surface area contributed by atoms with Crippen LogP contribution in [0.15, 0.2) is 24.3 Å². The number of anilines is 2. The molecule has 0 fully saturated rings. The van der Waals surface area contributed by atoms with Gasteiger partial charge in [-0.15, -0.1) is 0 Å². The van der Waals surface area contributed by atoms with Crippen LogP contribution in [-0.4, -0.2) is 15.9 Å². The first-order valence-electron chi connectivity index (χ1n) is 5.49. The summed E-state index contributed by atoms with van der Waals surface area (Å²) < 4.78 is 0. The van der Waals surface area contributed by atoms with Gasteiger partial charge >= 0.3 is 5.69 Å². The van der Waals surface area contributed by atoms with Gasteiger partial charge in [-0.3, -0.25) is 10.1 Å². The lowest BCUT2D eigenvalue weighted by atomic mass is 10.0. The third kappa shape index (κ3) is 2.72. The minimum absolute atomic E-state index is 0.0497. The first-order valence-corrected chi connectivity index (χ1v) is 5.49. The molecule has 6 heteroatoms. The highest BCUT2D eigenvalue weighted by atomic mass is 16.6. The fourth-order valence-electron chi connectivity index (χ4n) is 1.84. The summed E-state index contributed by atoms with van der Waals surface area (Å²) in [4.78, 5) is 14.0. The van der Waals surface area contributed by atoms with Gasteiger partial charge in [0.05, 0.1) is 4.92 Å². The minimum Gasteiger partial charge on any atom is -0.378 e. The van der Waals surface area contributed by atoms with E-state index >= 15 is 0 Å². The summed E-state index contributed by atoms with van der Waals surface area (Å²) in [7, 11) is 0. The van der Waals surface area contributed by atoms with Crippen molar-refractivity contribution >= 4 is 17.3 Å². The number of nitrogen functional groups attached to an aromatic ring is 1. The number of nitrogens with one attached hydrogen (secondary N) is 1. The van der Waals surface area contributed by atoms with E-state index in [9.17, 15) is 10.1 Å². The molecule has 0 aliphatic heterocycles. The SMILES string of the molecule is Nc1nc(NC2CC=CCC2)ccc1[N+](=O)[O-]. The molecule has 0 bridgehead atoms. The van der Waals surface area contributed by atoms with Gasteiger partial charge in [0.1, 0.15) is 5.82 Å². The quantitative estimate of drug-likeness (QED) is 0.474. The van der Waals surface area contributed by atoms with Gasteiger partial charge in [0.2, 0.25) is 5.82 Å². The van der Waals surface area contributed by atoms with Gasteiger partial charge in [0.25, 0.3) is 0 Å². The Morgan fingerprint density at radius 3 is 2.88 bits per heavy atom. The molecule has 0 aromatic carbocycles. The third-order valence-electron chi connectivity index (χ3n) is 2.72. The first kappa shape index (κ1) is 11.4. The van der Waals surface area contributed by atoms with Crippen LogP contribution in [0.4, 0.5) is 17.3 Å². The summed E-state index contributed by atoms with van der Waals surface area (Å²) in [5, 5.41) is 13.8. The van der Waals surface area contributed by atoms with Crippen LogP contribution < -0.4 is 11.1 Å². The number of nitrogens with two attached hydrogens (primary N) is 1. The molecule has 3 N–H and O–H groups in total. The second-order valence-corrected chi connectivity index (χ2v) is 3.98. The van der Waals surface area contributed by atoms with Crippen LogP contribution in [0.5, 0.6) is 0 Å². The van der Waals surface area contributed by atoms with Gasteiger partial charge in [0.15, 0.2) is 0 Å². The Morgan fingerprint density at radius 2 is 2.29 bits per heavy atom. The van der Waals surface area contributed by atoms with Crippen molar-refractivity contribution in [3.63, 3.8) is 0 Å². The van der Waals surface area contributed by atoms with Crippen molar-refractivity contribution in [1.29, 1.82) is 0 Å². The molecule has 1 atom stereocenters. The average Bonchev–Trinajstić information content (AvgIpc) is 2.30. The number of aromatic nitrogens is 1. The van der Waals surface area contributed by atoms with E-state index in [0.717, 1.165) is 19.3 Å². The Balaban J connectivity index is 2.09. The van der Waals surface area contributed by atoms with E-state index in [-0.39, 0.29) is 11.5 Å². The molecule has 90 valence electrons. The predicted molar refractivity (Wildman–Crippen MR) is 65.7 cm³/mol. The predicted octanol–water partition coefficient (Wildman–Crippen LogP) is 2.09. The molecular formula is C11H14N4O2. The van der Waals surface area contributed by atoms with Crippen molar-refractivity contribution in [1.82, 2.24) is 4.98 Å². The van der Waals surface area contributed by atoms with Crippen LogP contribution >= 0.6 is 0 Å². The average molecular weight is 234 g/mol. The van der Waals surface area contributed by atoms with Crippen LogP contribution in [0, 0.1) is 10.1 Å². The summed E-state index contributed by atoms with van der Waals surface area (Å²) in [6.07, 6.45) is 7.29. The highest BCUT2D eigenvalue weighted by Crippen LogP contribution is 2.22. The maximum Gasteiger partial charge on any atom is 0.311 e. The molecule has 1 aliphatic rings. The fourth-order valence-corrected chi connectivity index (χ4v) is 1.84. The van der Waals surface area contributed by atoms with Crippen LogP contribution in [0.3, 0.4) is 0 Å². The molecule has 1 unspecified atom stereocenters. The number of allylic oxidation sites excluding steroid dienone is 1. The van der Waals surface area contributed by atoms with Crippen molar-refractivity contribution in [2.24, 2.45) is 0 Å². The largest absolute Gasteiger partial charge is 0.378 e. The van der Waals surface area contributed by atoms with Gasteiger partial charge in [-0.1, -0.05) is 12.2 Å². The van der Waals surface area contributed by atoms with E-state index in [2.05, 4.69) is 22.5 Å². The summed E-state index contributed by atoms with van der Waals surface area (Å²) in [5.74, 6) is 0.541. The Bertz CT molecular complexity index is 459. The van der Waals surface area contributed by atoms with E-state index in [4.69, 9.17) is 5.73 Å². The van der Waals surface area contributed by atoms with E-state index in [1.165, 1.54) is 6.07 Å². The number of hydrogen-bond acceptors (Lipinski definition) is 5. The third-order valence-corrected chi connectivity index (χ3v) is 2.72. The molecule has 1 heterocycles. The minimum atomic E-state index is -0.532. The van der Waals surface area contributed by atoms with Crippen molar-refractivity contribution in [2.75, 3.05) is 11.1 Å². The van der Waals surface area contributed by atoms with Gasteiger partial charge in [-0.25, -0.2) is 4.98 Å². The van der Waals surface area contributed by atoms with Crippen molar-refractivity contribution in [3.05, 3.63) is 34.4 Å². The Kier molecular flexibility index (Phi) is 3.22. The molecular weight excluding hydrogens is 220 g/mol. The molecule has 0 amide bonds. The normalized spacial score (nSPS) is 18.9. The van der Waals surface area contributed by atoms with E-state index < -0.39 is 4.92 Å². The topological polar surface area (TPSA) is 94.1 Å². The van der Waals surface area contributed by atoms with Crippen LogP contribution in [0.2, 0.25) is 0 Å². The molecule has 6 nitrogen and oxygen atoms in total. The smallest absolute Gasteiger partial charge is 0.311 e. The van der Waals surface area contributed by atoms with Crippen LogP contribution in [0.25, 0.3) is 0 Å². The monoisotopic (exact) mass is 234 g/mol. The summed E-state index contributed by atoms with van der Waals surface area (Å²) >= 11 is 0. The lowest BCUT2D eigenvalue weighted by molar-refractivity contribution is -0.384. The molecule has 1 aromatic rings. The number of hydrogen-bond donors (Lipinski definition) is 2. The molecule has 0 spiro atoms. The molecule has 0 saturated heterocycles. The molecule has 1 aliphatic carbocycles. The summed E-state index contributed by atoms with van der Waals surface area (Å²) in [5.41, 5.74) is 5.37. The number of nitro groups is 1. The number of pyridine rings is 1. The van der Waals surface area contributed by atoms with Crippen molar-refractivity contribution < 1.29 is 4.92 Å². The zero-order valence-corrected chi connectivity index (χ0v) is 9.30. The molecule has 17 heavy (non-hydrogen) atoms. The van der Waals surface area contributed by atoms with Gasteiger partial charge in [0, 0.05) is 12.1 Å².